The monoisotopic (exact) mass is 351 g/mol. The Hall–Kier alpha value is -0.340. The second-order valence-corrected chi connectivity index (χ2v) is 7.75. The number of benzene rings is 1. The van der Waals surface area contributed by atoms with Crippen molar-refractivity contribution in [2.45, 2.75) is 64.7 Å². The summed E-state index contributed by atoms with van der Waals surface area (Å²) in [6, 6.07) is 8.83. The van der Waals surface area contributed by atoms with E-state index in [9.17, 15) is 0 Å². The van der Waals surface area contributed by atoms with Crippen LogP contribution in [-0.4, -0.2) is 13.1 Å². The van der Waals surface area contributed by atoms with Gasteiger partial charge in [-0.1, -0.05) is 67.7 Å². The van der Waals surface area contributed by atoms with Crippen molar-refractivity contribution in [3.05, 3.63) is 34.3 Å². The maximum Gasteiger partial charge on any atom is 0.0213 e. The van der Waals surface area contributed by atoms with Gasteiger partial charge in [-0.05, 0) is 49.3 Å². The number of nitrogens with one attached hydrogen (secondary N) is 1. The normalized spacial score (nSPS) is 19.2. The van der Waals surface area contributed by atoms with E-state index >= 15 is 0 Å². The Bertz CT molecular complexity index is 441. The second kappa shape index (κ2) is 7.28. The zero-order valence-corrected chi connectivity index (χ0v) is 15.4. The molecule has 0 aliphatic heterocycles. The maximum atomic E-state index is 3.79. The molecule has 1 aromatic rings. The molecular weight excluding hydrogens is 322 g/mol. The Labute approximate surface area is 139 Å². The van der Waals surface area contributed by atoms with Crippen LogP contribution in [0.4, 0.5) is 0 Å². The molecule has 1 nitrogen and oxygen atoms in total. The minimum atomic E-state index is 0.334. The fraction of sp³-hybridized carbons (Fsp3) is 0.684. The van der Waals surface area contributed by atoms with Gasteiger partial charge in [0.1, 0.15) is 0 Å². The third-order valence-electron chi connectivity index (χ3n) is 5.15. The Morgan fingerprint density at radius 1 is 1.05 bits per heavy atom. The van der Waals surface area contributed by atoms with Gasteiger partial charge in [-0.3, -0.25) is 0 Å². The van der Waals surface area contributed by atoms with Gasteiger partial charge in [0.05, 0.1) is 0 Å². The second-order valence-electron chi connectivity index (χ2n) is 6.89. The van der Waals surface area contributed by atoms with Crippen LogP contribution in [0.1, 0.15) is 64.9 Å². The highest BCUT2D eigenvalue weighted by Crippen LogP contribution is 2.60. The van der Waals surface area contributed by atoms with Gasteiger partial charge in [0, 0.05) is 16.4 Å². The third-order valence-corrected chi connectivity index (χ3v) is 5.84. The van der Waals surface area contributed by atoms with Crippen molar-refractivity contribution in [3.8, 4) is 0 Å². The first-order valence-electron chi connectivity index (χ1n) is 8.57. The molecule has 118 valence electrons. The first kappa shape index (κ1) is 17.0. The van der Waals surface area contributed by atoms with Gasteiger partial charge in [-0.15, -0.1) is 0 Å². The summed E-state index contributed by atoms with van der Waals surface area (Å²) >= 11 is 3.79. The summed E-state index contributed by atoms with van der Waals surface area (Å²) in [5.41, 5.74) is 2.43. The van der Waals surface area contributed by atoms with Crippen LogP contribution in [0.5, 0.6) is 0 Å². The number of hydrogen-bond donors (Lipinski definition) is 1. The Kier molecular flexibility index (Phi) is 5.90. The molecule has 1 saturated carbocycles. The highest BCUT2D eigenvalue weighted by molar-refractivity contribution is 9.10. The van der Waals surface area contributed by atoms with E-state index in [2.05, 4.69) is 66.3 Å². The van der Waals surface area contributed by atoms with Gasteiger partial charge in [-0.2, -0.15) is 0 Å². The van der Waals surface area contributed by atoms with Crippen molar-refractivity contribution >= 4 is 15.9 Å². The van der Waals surface area contributed by atoms with Gasteiger partial charge in [0.2, 0.25) is 0 Å². The molecule has 0 unspecified atom stereocenters. The average molecular weight is 352 g/mol. The SMILES string of the molecule is CCCC1(CCC)CC(CNCC)(c2ccccc2Br)C1. The average Bonchev–Trinajstić information content (AvgIpc) is 2.43. The van der Waals surface area contributed by atoms with Crippen LogP contribution in [0, 0.1) is 5.41 Å². The highest BCUT2D eigenvalue weighted by atomic mass is 79.9. The van der Waals surface area contributed by atoms with Crippen LogP contribution < -0.4 is 5.32 Å². The van der Waals surface area contributed by atoms with E-state index in [1.165, 1.54) is 48.6 Å². The molecule has 0 saturated heterocycles. The number of likely N-dealkylation sites (N-methyl/N-ethyl adjacent to an activating group) is 1. The lowest BCUT2D eigenvalue weighted by molar-refractivity contribution is 0.00273. The zero-order chi connectivity index (χ0) is 15.3. The van der Waals surface area contributed by atoms with E-state index in [1.54, 1.807) is 0 Å². The predicted octanol–water partition coefficient (Wildman–Crippen LogP) is 5.68. The van der Waals surface area contributed by atoms with E-state index in [-0.39, 0.29) is 0 Å². The van der Waals surface area contributed by atoms with Gasteiger partial charge >= 0.3 is 0 Å². The lowest BCUT2D eigenvalue weighted by Crippen LogP contribution is -2.55. The highest BCUT2D eigenvalue weighted by Gasteiger charge is 2.54. The van der Waals surface area contributed by atoms with E-state index in [4.69, 9.17) is 0 Å². The van der Waals surface area contributed by atoms with Crippen molar-refractivity contribution in [2.75, 3.05) is 13.1 Å². The summed E-state index contributed by atoms with van der Waals surface area (Å²) in [7, 11) is 0. The Balaban J connectivity index is 2.24. The van der Waals surface area contributed by atoms with Crippen molar-refractivity contribution in [1.82, 2.24) is 5.32 Å². The molecule has 2 rings (SSSR count). The lowest BCUT2D eigenvalue weighted by atomic mass is 9.48. The van der Waals surface area contributed by atoms with E-state index < -0.39 is 0 Å². The fourth-order valence-corrected chi connectivity index (χ4v) is 5.29. The van der Waals surface area contributed by atoms with E-state index in [1.807, 2.05) is 0 Å². The minimum Gasteiger partial charge on any atom is -0.316 e. The smallest absolute Gasteiger partial charge is 0.0213 e. The molecule has 0 radical (unpaired) electrons. The standard InChI is InChI=1S/C19H30BrN/c1-4-11-18(12-5-2)13-19(14-18,15-21-6-3)16-9-7-8-10-17(16)20/h7-10,21H,4-6,11-15H2,1-3H3. The Morgan fingerprint density at radius 3 is 2.19 bits per heavy atom. The van der Waals surface area contributed by atoms with Crippen LogP contribution in [-0.2, 0) is 5.41 Å². The summed E-state index contributed by atoms with van der Waals surface area (Å²) in [5.74, 6) is 0. The fourth-order valence-electron chi connectivity index (χ4n) is 4.59. The Morgan fingerprint density at radius 2 is 1.67 bits per heavy atom. The molecule has 0 amide bonds. The molecule has 21 heavy (non-hydrogen) atoms. The summed E-state index contributed by atoms with van der Waals surface area (Å²) in [6.07, 6.45) is 8.09. The molecule has 0 aromatic heterocycles. The van der Waals surface area contributed by atoms with Gasteiger partial charge in [0.15, 0.2) is 0 Å². The number of hydrogen-bond acceptors (Lipinski definition) is 1. The maximum absolute atomic E-state index is 3.79. The van der Waals surface area contributed by atoms with Crippen LogP contribution in [0.25, 0.3) is 0 Å². The zero-order valence-electron chi connectivity index (χ0n) is 13.8. The first-order chi connectivity index (χ1) is 10.1. The molecule has 1 N–H and O–H groups in total. The van der Waals surface area contributed by atoms with Crippen LogP contribution in [0.2, 0.25) is 0 Å². The van der Waals surface area contributed by atoms with E-state index in [0.717, 1.165) is 13.1 Å². The van der Waals surface area contributed by atoms with Gasteiger partial charge in [-0.25, -0.2) is 0 Å². The van der Waals surface area contributed by atoms with Gasteiger partial charge < -0.3 is 5.32 Å². The van der Waals surface area contributed by atoms with Crippen molar-refractivity contribution in [2.24, 2.45) is 5.41 Å². The summed E-state index contributed by atoms with van der Waals surface area (Å²) in [5, 5.41) is 3.62. The molecule has 2 heteroatoms. The number of halogens is 1. The third kappa shape index (κ3) is 3.53. The van der Waals surface area contributed by atoms with Crippen molar-refractivity contribution < 1.29 is 0 Å². The summed E-state index contributed by atoms with van der Waals surface area (Å²) in [6.45, 7) is 9.04. The lowest BCUT2D eigenvalue weighted by Gasteiger charge is -2.58. The molecule has 1 aromatic carbocycles. The molecular formula is C19H30BrN. The molecule has 1 aliphatic carbocycles. The summed E-state index contributed by atoms with van der Waals surface area (Å²) < 4.78 is 1.28. The van der Waals surface area contributed by atoms with E-state index in [0.29, 0.717) is 10.8 Å². The molecule has 0 bridgehead atoms. The first-order valence-corrected chi connectivity index (χ1v) is 9.36. The van der Waals surface area contributed by atoms with Crippen LogP contribution in [0.3, 0.4) is 0 Å². The van der Waals surface area contributed by atoms with Crippen LogP contribution >= 0.6 is 15.9 Å². The summed E-state index contributed by atoms with van der Waals surface area (Å²) in [4.78, 5) is 0. The molecule has 0 atom stereocenters. The molecule has 1 fully saturated rings. The quantitative estimate of drug-likeness (QED) is 0.635. The topological polar surface area (TPSA) is 12.0 Å². The van der Waals surface area contributed by atoms with Crippen LogP contribution in [0.15, 0.2) is 28.7 Å². The van der Waals surface area contributed by atoms with Crippen molar-refractivity contribution in [1.29, 1.82) is 0 Å². The molecule has 1 aliphatic rings. The van der Waals surface area contributed by atoms with Gasteiger partial charge in [0.25, 0.3) is 0 Å². The number of rotatable bonds is 8. The largest absolute Gasteiger partial charge is 0.316 e. The predicted molar refractivity (Wildman–Crippen MR) is 95.8 cm³/mol. The molecule has 0 spiro atoms. The molecule has 0 heterocycles. The minimum absolute atomic E-state index is 0.334. The van der Waals surface area contributed by atoms with Crippen molar-refractivity contribution in [3.63, 3.8) is 0 Å².